The molecule has 2 amide bonds. The molecule has 9 heteroatoms. The minimum atomic E-state index is -0.656. The molecule has 0 aliphatic carbocycles. The number of carbonyl (C=O) groups is 2. The first-order valence-corrected chi connectivity index (χ1v) is 9.66. The van der Waals surface area contributed by atoms with Crippen molar-refractivity contribution in [3.05, 3.63) is 88.3 Å². The number of nitrogens with one attached hydrogen (secondary N) is 2. The fraction of sp³-hybridized carbons (Fsp3) is 0.182. The van der Waals surface area contributed by atoms with E-state index in [2.05, 4.69) is 16.0 Å². The molecule has 0 aliphatic heterocycles. The molecule has 3 aromatic rings. The quantitative estimate of drug-likeness (QED) is 0.536. The summed E-state index contributed by atoms with van der Waals surface area (Å²) in [7, 11) is 0. The first kappa shape index (κ1) is 21.6. The number of hydrogen-bond acceptors (Lipinski definition) is 6. The topological polar surface area (TPSA) is 112 Å². The zero-order chi connectivity index (χ0) is 22.1. The monoisotopic (exact) mass is 422 g/mol. The van der Waals surface area contributed by atoms with Gasteiger partial charge in [0.2, 0.25) is 0 Å². The molecule has 0 aliphatic rings. The van der Waals surface area contributed by atoms with Crippen molar-refractivity contribution >= 4 is 11.8 Å². The van der Waals surface area contributed by atoms with Gasteiger partial charge in [-0.3, -0.25) is 25.2 Å². The molecule has 160 valence electrons. The summed E-state index contributed by atoms with van der Waals surface area (Å²) in [6, 6.07) is 18.2. The Morgan fingerprint density at radius 1 is 0.871 bits per heavy atom. The smallest absolute Gasteiger partial charge is 0.290 e. The molecule has 2 N–H and O–H groups in total. The lowest BCUT2D eigenvalue weighted by Crippen LogP contribution is -2.42. The predicted molar refractivity (Wildman–Crippen MR) is 113 cm³/mol. The van der Waals surface area contributed by atoms with Crippen LogP contribution in [0, 0.1) is 0 Å². The van der Waals surface area contributed by atoms with Crippen molar-refractivity contribution in [1.29, 1.82) is 0 Å². The lowest BCUT2D eigenvalue weighted by Gasteiger charge is -2.10. The Morgan fingerprint density at radius 2 is 1.55 bits per heavy atom. The van der Waals surface area contributed by atoms with Gasteiger partial charge in [0.15, 0.2) is 5.69 Å². The minimum absolute atomic E-state index is 0.0219. The Kier molecular flexibility index (Phi) is 7.36. The van der Waals surface area contributed by atoms with Crippen LogP contribution in [0.4, 0.5) is 0 Å². The van der Waals surface area contributed by atoms with Crippen LogP contribution in [0.1, 0.15) is 27.8 Å². The molecule has 1 aromatic heterocycles. The number of ether oxygens (including phenoxy) is 2. The molecular weight excluding hydrogens is 400 g/mol. The lowest BCUT2D eigenvalue weighted by atomic mass is 10.2. The maximum atomic E-state index is 12.3. The van der Waals surface area contributed by atoms with Crippen molar-refractivity contribution in [3.8, 4) is 11.5 Å². The van der Waals surface area contributed by atoms with E-state index in [0.717, 1.165) is 4.68 Å². The molecule has 0 bridgehead atoms. The van der Waals surface area contributed by atoms with Crippen molar-refractivity contribution in [2.24, 2.45) is 0 Å². The Balaban J connectivity index is 1.55. The molecule has 0 atom stereocenters. The molecule has 0 unspecified atom stereocenters. The van der Waals surface area contributed by atoms with Gasteiger partial charge in [-0.25, -0.2) is 4.68 Å². The maximum Gasteiger partial charge on any atom is 0.290 e. The summed E-state index contributed by atoms with van der Waals surface area (Å²) in [6.07, 6.45) is 0. The highest BCUT2D eigenvalue weighted by molar-refractivity contribution is 5.98. The molecule has 0 saturated carbocycles. The first-order valence-electron chi connectivity index (χ1n) is 9.66. The van der Waals surface area contributed by atoms with Gasteiger partial charge < -0.3 is 9.47 Å². The van der Waals surface area contributed by atoms with E-state index in [9.17, 15) is 14.4 Å². The summed E-state index contributed by atoms with van der Waals surface area (Å²) in [6.45, 7) is 2.75. The highest BCUT2D eigenvalue weighted by Crippen LogP contribution is 2.11. The van der Waals surface area contributed by atoms with Crippen LogP contribution in [0.3, 0.4) is 0 Å². The van der Waals surface area contributed by atoms with Gasteiger partial charge in [0.25, 0.3) is 17.4 Å². The molecule has 0 fully saturated rings. The van der Waals surface area contributed by atoms with E-state index in [1.807, 2.05) is 25.1 Å². The average molecular weight is 422 g/mol. The van der Waals surface area contributed by atoms with Crippen LogP contribution in [0.25, 0.3) is 0 Å². The van der Waals surface area contributed by atoms with Gasteiger partial charge in [0.05, 0.1) is 13.2 Å². The van der Waals surface area contributed by atoms with Crippen LogP contribution < -0.4 is 25.9 Å². The van der Waals surface area contributed by atoms with E-state index < -0.39 is 11.8 Å². The molecule has 9 nitrogen and oxygen atoms in total. The Morgan fingerprint density at radius 3 is 2.26 bits per heavy atom. The molecule has 3 rings (SSSR count). The number of benzene rings is 2. The zero-order valence-electron chi connectivity index (χ0n) is 16.9. The van der Waals surface area contributed by atoms with Crippen molar-refractivity contribution in [3.63, 3.8) is 0 Å². The summed E-state index contributed by atoms with van der Waals surface area (Å²) in [5, 5.41) is 4.03. The number of aromatic nitrogens is 2. The summed E-state index contributed by atoms with van der Waals surface area (Å²) in [5.74, 6) is 0.158. The fourth-order valence-electron chi connectivity index (χ4n) is 2.62. The van der Waals surface area contributed by atoms with Crippen LogP contribution in [0.5, 0.6) is 11.5 Å². The lowest BCUT2D eigenvalue weighted by molar-refractivity contribution is 0.0842. The van der Waals surface area contributed by atoms with Gasteiger partial charge in [-0.1, -0.05) is 18.2 Å². The number of carbonyl (C=O) groups excluding carboxylic acids is 2. The van der Waals surface area contributed by atoms with Crippen LogP contribution in [-0.2, 0) is 6.54 Å². The second kappa shape index (κ2) is 10.6. The van der Waals surface area contributed by atoms with Crippen LogP contribution in [0.15, 0.2) is 71.5 Å². The number of para-hydroxylation sites is 1. The normalized spacial score (nSPS) is 10.2. The van der Waals surface area contributed by atoms with E-state index in [1.54, 1.807) is 36.4 Å². The summed E-state index contributed by atoms with van der Waals surface area (Å²) >= 11 is 0. The van der Waals surface area contributed by atoms with E-state index in [1.165, 1.54) is 12.1 Å². The molecule has 2 aromatic carbocycles. The van der Waals surface area contributed by atoms with E-state index in [-0.39, 0.29) is 24.4 Å². The number of nitrogens with zero attached hydrogens (tertiary/aromatic N) is 2. The standard InChI is InChI=1S/C22H22N4O5/c1-2-30-18-10-8-16(9-11-18)21(28)23-24-22(29)19-12-13-20(27)26(25-19)14-15-31-17-6-4-3-5-7-17/h3-13H,2,14-15H2,1H3,(H,23,28)(H,24,29). The van der Waals surface area contributed by atoms with Crippen LogP contribution in [0.2, 0.25) is 0 Å². The number of amides is 2. The zero-order valence-corrected chi connectivity index (χ0v) is 16.9. The van der Waals surface area contributed by atoms with Crippen molar-refractivity contribution in [1.82, 2.24) is 20.6 Å². The SMILES string of the molecule is CCOc1ccc(C(=O)NNC(=O)c2ccc(=O)n(CCOc3ccccc3)n2)cc1. The van der Waals surface area contributed by atoms with Gasteiger partial charge in [-0.05, 0) is 49.4 Å². The van der Waals surface area contributed by atoms with Crippen molar-refractivity contribution < 1.29 is 19.1 Å². The number of rotatable bonds is 8. The average Bonchev–Trinajstić information content (AvgIpc) is 2.80. The Bertz CT molecular complexity index is 1080. The second-order valence-corrected chi connectivity index (χ2v) is 6.31. The van der Waals surface area contributed by atoms with Gasteiger partial charge in [-0.2, -0.15) is 5.10 Å². The number of hydrazine groups is 1. The third-order valence-corrected chi connectivity index (χ3v) is 4.13. The van der Waals surface area contributed by atoms with E-state index >= 15 is 0 Å². The van der Waals surface area contributed by atoms with Gasteiger partial charge >= 0.3 is 0 Å². The summed E-state index contributed by atoms with van der Waals surface area (Å²) < 4.78 is 12.0. The van der Waals surface area contributed by atoms with Gasteiger partial charge in [-0.15, -0.1) is 0 Å². The predicted octanol–water partition coefficient (Wildman–Crippen LogP) is 1.80. The minimum Gasteiger partial charge on any atom is -0.494 e. The highest BCUT2D eigenvalue weighted by Gasteiger charge is 2.12. The van der Waals surface area contributed by atoms with Gasteiger partial charge in [0.1, 0.15) is 18.1 Å². The van der Waals surface area contributed by atoms with E-state index in [0.29, 0.717) is 23.7 Å². The largest absolute Gasteiger partial charge is 0.494 e. The summed E-state index contributed by atoms with van der Waals surface area (Å²) in [4.78, 5) is 36.5. The third kappa shape index (κ3) is 6.17. The molecule has 0 spiro atoms. The molecule has 0 saturated heterocycles. The molecule has 31 heavy (non-hydrogen) atoms. The Labute approximate surface area is 178 Å². The van der Waals surface area contributed by atoms with Crippen LogP contribution in [-0.4, -0.2) is 34.8 Å². The molecule has 1 heterocycles. The Hall–Kier alpha value is -4.14. The molecule has 0 radical (unpaired) electrons. The fourth-order valence-corrected chi connectivity index (χ4v) is 2.62. The van der Waals surface area contributed by atoms with Crippen LogP contribution >= 0.6 is 0 Å². The molecular formula is C22H22N4O5. The van der Waals surface area contributed by atoms with Crippen molar-refractivity contribution in [2.45, 2.75) is 13.5 Å². The maximum absolute atomic E-state index is 12.3. The highest BCUT2D eigenvalue weighted by atomic mass is 16.5. The third-order valence-electron chi connectivity index (χ3n) is 4.13. The van der Waals surface area contributed by atoms with Gasteiger partial charge in [0, 0.05) is 11.6 Å². The van der Waals surface area contributed by atoms with E-state index in [4.69, 9.17) is 9.47 Å². The second-order valence-electron chi connectivity index (χ2n) is 6.31. The van der Waals surface area contributed by atoms with Crippen molar-refractivity contribution in [2.75, 3.05) is 13.2 Å². The number of hydrogen-bond donors (Lipinski definition) is 2. The first-order chi connectivity index (χ1) is 15.1. The summed E-state index contributed by atoms with van der Waals surface area (Å²) in [5.41, 5.74) is 4.56.